The average molecular weight is 297 g/mol. The van der Waals surface area contributed by atoms with Crippen LogP contribution in [0.5, 0.6) is 0 Å². The zero-order valence-corrected chi connectivity index (χ0v) is 12.5. The van der Waals surface area contributed by atoms with Crippen LogP contribution >= 0.6 is 0 Å². The highest BCUT2D eigenvalue weighted by molar-refractivity contribution is 5.72. The summed E-state index contributed by atoms with van der Waals surface area (Å²) in [6.07, 6.45) is -0.483. The smallest absolute Gasteiger partial charge is 0.413 e. The fraction of sp³-hybridized carbons (Fsp3) is 0.278. The van der Waals surface area contributed by atoms with Crippen LogP contribution < -0.4 is 0 Å². The molecule has 1 fully saturated rings. The molecule has 0 aromatic heterocycles. The molecule has 0 spiro atoms. The third-order valence-corrected chi connectivity index (χ3v) is 3.96. The number of ether oxygens (including phenoxy) is 1. The molecular formula is C18H19NO3. The molecule has 0 bridgehead atoms. The van der Waals surface area contributed by atoms with Gasteiger partial charge in [0.05, 0.1) is 0 Å². The lowest BCUT2D eigenvalue weighted by Crippen LogP contribution is -2.46. The van der Waals surface area contributed by atoms with E-state index in [1.165, 1.54) is 4.90 Å². The van der Waals surface area contributed by atoms with Gasteiger partial charge in [-0.15, -0.1) is 0 Å². The Bertz CT molecular complexity index is 644. The molecule has 2 aromatic rings. The van der Waals surface area contributed by atoms with Gasteiger partial charge in [0.2, 0.25) is 5.72 Å². The molecule has 2 aromatic carbocycles. The van der Waals surface area contributed by atoms with E-state index in [0.29, 0.717) is 12.1 Å². The van der Waals surface area contributed by atoms with Crippen LogP contribution in [-0.2, 0) is 10.5 Å². The largest absolute Gasteiger partial charge is 0.436 e. The molecule has 1 aliphatic heterocycles. The SMILES string of the molecule is CCCN1C(=O)O[C@H](c2ccccc2)[C@@]1(O)c1ccccc1. The molecule has 22 heavy (non-hydrogen) atoms. The lowest BCUT2D eigenvalue weighted by molar-refractivity contribution is -0.109. The van der Waals surface area contributed by atoms with Gasteiger partial charge in [-0.2, -0.15) is 0 Å². The molecular weight excluding hydrogens is 278 g/mol. The summed E-state index contributed by atoms with van der Waals surface area (Å²) < 4.78 is 5.52. The van der Waals surface area contributed by atoms with E-state index >= 15 is 0 Å². The van der Waals surface area contributed by atoms with Gasteiger partial charge in [0, 0.05) is 12.1 Å². The predicted molar refractivity (Wildman–Crippen MR) is 83.0 cm³/mol. The first kappa shape index (κ1) is 14.6. The van der Waals surface area contributed by atoms with Gasteiger partial charge >= 0.3 is 6.09 Å². The third kappa shape index (κ3) is 2.25. The molecule has 4 nitrogen and oxygen atoms in total. The molecule has 1 aliphatic rings. The maximum atomic E-state index is 12.3. The van der Waals surface area contributed by atoms with E-state index in [-0.39, 0.29) is 0 Å². The van der Waals surface area contributed by atoms with Gasteiger partial charge in [-0.25, -0.2) is 4.79 Å². The van der Waals surface area contributed by atoms with Crippen LogP contribution in [0.4, 0.5) is 4.79 Å². The number of amides is 1. The first-order chi connectivity index (χ1) is 10.7. The van der Waals surface area contributed by atoms with Crippen LogP contribution in [0.25, 0.3) is 0 Å². The minimum Gasteiger partial charge on any atom is -0.436 e. The van der Waals surface area contributed by atoms with Crippen molar-refractivity contribution in [2.45, 2.75) is 25.2 Å². The Morgan fingerprint density at radius 2 is 1.68 bits per heavy atom. The molecule has 0 aliphatic carbocycles. The van der Waals surface area contributed by atoms with Crippen molar-refractivity contribution < 1.29 is 14.6 Å². The second-order valence-corrected chi connectivity index (χ2v) is 5.42. The Labute approximate surface area is 130 Å². The van der Waals surface area contributed by atoms with Crippen molar-refractivity contribution in [2.75, 3.05) is 6.54 Å². The molecule has 1 heterocycles. The van der Waals surface area contributed by atoms with E-state index in [1.54, 1.807) is 0 Å². The zero-order valence-electron chi connectivity index (χ0n) is 12.5. The molecule has 1 N–H and O–H groups in total. The number of carbonyl (C=O) groups excluding carboxylic acids is 1. The van der Waals surface area contributed by atoms with Gasteiger partial charge in [-0.1, -0.05) is 67.6 Å². The number of benzene rings is 2. The molecule has 3 rings (SSSR count). The minimum absolute atomic E-state index is 0.438. The number of carbonyl (C=O) groups is 1. The maximum absolute atomic E-state index is 12.3. The summed E-state index contributed by atoms with van der Waals surface area (Å²) in [5, 5.41) is 11.4. The van der Waals surface area contributed by atoms with Gasteiger partial charge in [-0.3, -0.25) is 4.90 Å². The van der Waals surface area contributed by atoms with Crippen molar-refractivity contribution in [1.29, 1.82) is 0 Å². The second kappa shape index (κ2) is 5.81. The Balaban J connectivity index is 2.11. The minimum atomic E-state index is -1.49. The molecule has 0 unspecified atom stereocenters. The second-order valence-electron chi connectivity index (χ2n) is 5.42. The Morgan fingerprint density at radius 1 is 1.09 bits per heavy atom. The van der Waals surface area contributed by atoms with E-state index in [4.69, 9.17) is 4.74 Å². The number of rotatable bonds is 4. The van der Waals surface area contributed by atoms with Gasteiger partial charge in [0.15, 0.2) is 6.10 Å². The Hall–Kier alpha value is -2.33. The fourth-order valence-corrected chi connectivity index (χ4v) is 2.93. The molecule has 1 saturated heterocycles. The molecule has 4 heteroatoms. The van der Waals surface area contributed by atoms with Gasteiger partial charge in [0.25, 0.3) is 0 Å². The summed E-state index contributed by atoms with van der Waals surface area (Å²) in [5.74, 6) is 0. The quantitative estimate of drug-likeness (QED) is 0.940. The van der Waals surface area contributed by atoms with Gasteiger partial charge < -0.3 is 9.84 Å². The standard InChI is InChI=1S/C18H19NO3/c1-2-13-19-17(20)22-16(14-9-5-3-6-10-14)18(19,21)15-11-7-4-8-12-15/h3-12,16,21H,2,13H2,1H3/t16-,18+/m1/s1. The molecule has 0 saturated carbocycles. The van der Waals surface area contributed by atoms with Crippen molar-refractivity contribution >= 4 is 6.09 Å². The summed E-state index contributed by atoms with van der Waals surface area (Å²) in [5.41, 5.74) is -0.0561. The maximum Gasteiger partial charge on any atom is 0.413 e. The van der Waals surface area contributed by atoms with Gasteiger partial charge in [0.1, 0.15) is 0 Å². The summed E-state index contributed by atoms with van der Waals surface area (Å²) in [4.78, 5) is 13.7. The predicted octanol–water partition coefficient (Wildman–Crippen LogP) is 3.44. The van der Waals surface area contributed by atoms with Crippen LogP contribution in [-0.4, -0.2) is 22.6 Å². The fourth-order valence-electron chi connectivity index (χ4n) is 2.93. The summed E-state index contributed by atoms with van der Waals surface area (Å²) in [6, 6.07) is 18.6. The van der Waals surface area contributed by atoms with Crippen LogP contribution in [0.2, 0.25) is 0 Å². The molecule has 2 atom stereocenters. The number of hydrogen-bond acceptors (Lipinski definition) is 3. The summed E-state index contributed by atoms with van der Waals surface area (Å²) >= 11 is 0. The van der Waals surface area contributed by atoms with E-state index in [1.807, 2.05) is 67.6 Å². The monoisotopic (exact) mass is 297 g/mol. The van der Waals surface area contributed by atoms with Crippen LogP contribution in [0, 0.1) is 0 Å². The van der Waals surface area contributed by atoms with Crippen molar-refractivity contribution in [2.24, 2.45) is 0 Å². The summed E-state index contributed by atoms with van der Waals surface area (Å²) in [7, 11) is 0. The number of cyclic esters (lactones) is 1. The van der Waals surface area contributed by atoms with Crippen molar-refractivity contribution in [1.82, 2.24) is 4.90 Å². The molecule has 114 valence electrons. The highest BCUT2D eigenvalue weighted by Crippen LogP contribution is 2.46. The van der Waals surface area contributed by atoms with Crippen molar-refractivity contribution in [3.63, 3.8) is 0 Å². The third-order valence-electron chi connectivity index (χ3n) is 3.96. The molecule has 0 radical (unpaired) electrons. The van der Waals surface area contributed by atoms with E-state index in [0.717, 1.165) is 12.0 Å². The van der Waals surface area contributed by atoms with Crippen molar-refractivity contribution in [3.05, 3.63) is 71.8 Å². The Morgan fingerprint density at radius 3 is 2.27 bits per heavy atom. The normalized spacial score (nSPS) is 24.4. The topological polar surface area (TPSA) is 49.8 Å². The number of nitrogens with zero attached hydrogens (tertiary/aromatic N) is 1. The highest BCUT2D eigenvalue weighted by atomic mass is 16.6. The average Bonchev–Trinajstić information content (AvgIpc) is 2.83. The van der Waals surface area contributed by atoms with Crippen LogP contribution in [0.3, 0.4) is 0 Å². The number of aliphatic hydroxyl groups is 1. The van der Waals surface area contributed by atoms with Gasteiger partial charge in [-0.05, 0) is 12.0 Å². The summed E-state index contributed by atoms with van der Waals surface area (Å²) in [6.45, 7) is 2.40. The van der Waals surface area contributed by atoms with E-state index in [2.05, 4.69) is 0 Å². The number of hydrogen-bond donors (Lipinski definition) is 1. The van der Waals surface area contributed by atoms with Crippen LogP contribution in [0.1, 0.15) is 30.6 Å². The van der Waals surface area contributed by atoms with E-state index < -0.39 is 17.9 Å². The highest BCUT2D eigenvalue weighted by Gasteiger charge is 2.55. The lowest BCUT2D eigenvalue weighted by Gasteiger charge is -2.34. The van der Waals surface area contributed by atoms with Crippen molar-refractivity contribution in [3.8, 4) is 0 Å². The van der Waals surface area contributed by atoms with Crippen LogP contribution in [0.15, 0.2) is 60.7 Å². The Kier molecular flexibility index (Phi) is 3.86. The van der Waals surface area contributed by atoms with E-state index in [9.17, 15) is 9.90 Å². The zero-order chi connectivity index (χ0) is 15.6. The molecule has 1 amide bonds. The first-order valence-corrected chi connectivity index (χ1v) is 7.49. The first-order valence-electron chi connectivity index (χ1n) is 7.49. The lowest BCUT2D eigenvalue weighted by atomic mass is 9.91.